The average molecular weight is 297 g/mol. The molecule has 5 heteroatoms. The summed E-state index contributed by atoms with van der Waals surface area (Å²) in [6.45, 7) is 0. The molecule has 0 saturated heterocycles. The molecule has 110 valence electrons. The van der Waals surface area contributed by atoms with E-state index >= 15 is 0 Å². The van der Waals surface area contributed by atoms with E-state index < -0.39 is 5.92 Å². The molecule has 0 aliphatic heterocycles. The largest absolute Gasteiger partial charge is 0.356 e. The van der Waals surface area contributed by atoms with Gasteiger partial charge in [0.2, 0.25) is 0 Å². The SMILES string of the molecule is O=C1CC[C@H](c2noc3ccc4cc(F)ccc4c23)C(=O)C1. The molecule has 0 unspecified atom stereocenters. The lowest BCUT2D eigenvalue weighted by Gasteiger charge is -2.17. The van der Waals surface area contributed by atoms with E-state index in [1.807, 2.05) is 0 Å². The van der Waals surface area contributed by atoms with E-state index in [1.165, 1.54) is 12.1 Å². The van der Waals surface area contributed by atoms with Crippen LogP contribution in [0.25, 0.3) is 21.7 Å². The Hall–Kier alpha value is -2.56. The number of hydrogen-bond acceptors (Lipinski definition) is 4. The molecule has 0 spiro atoms. The zero-order chi connectivity index (χ0) is 15.3. The van der Waals surface area contributed by atoms with Crippen LogP contribution in [0.2, 0.25) is 0 Å². The van der Waals surface area contributed by atoms with Gasteiger partial charge >= 0.3 is 0 Å². The molecule has 3 aromatic rings. The third-order valence-electron chi connectivity index (χ3n) is 4.24. The molecule has 1 aromatic heterocycles. The molecular formula is C17H12FNO3. The Balaban J connectivity index is 1.95. The molecule has 1 fully saturated rings. The Morgan fingerprint density at radius 3 is 2.86 bits per heavy atom. The van der Waals surface area contributed by atoms with Crippen molar-refractivity contribution in [2.45, 2.75) is 25.2 Å². The van der Waals surface area contributed by atoms with Crippen molar-refractivity contribution in [1.29, 1.82) is 0 Å². The summed E-state index contributed by atoms with van der Waals surface area (Å²) < 4.78 is 18.7. The van der Waals surface area contributed by atoms with E-state index in [1.54, 1.807) is 18.2 Å². The van der Waals surface area contributed by atoms with Gasteiger partial charge in [-0.3, -0.25) is 9.59 Å². The first-order valence-corrected chi connectivity index (χ1v) is 7.15. The summed E-state index contributed by atoms with van der Waals surface area (Å²) in [4.78, 5) is 23.6. The quantitative estimate of drug-likeness (QED) is 0.645. The third-order valence-corrected chi connectivity index (χ3v) is 4.24. The molecule has 22 heavy (non-hydrogen) atoms. The highest BCUT2D eigenvalue weighted by atomic mass is 19.1. The smallest absolute Gasteiger partial charge is 0.167 e. The van der Waals surface area contributed by atoms with Crippen molar-refractivity contribution in [2.75, 3.05) is 0 Å². The standard InChI is InChI=1S/C17H12FNO3/c18-10-2-4-12-9(7-10)1-6-15-16(12)17(19-22-15)13-5-3-11(20)8-14(13)21/h1-2,4,6-7,13H,3,5,8H2/t13-/m0/s1. The fourth-order valence-corrected chi connectivity index (χ4v) is 3.16. The molecule has 1 atom stereocenters. The van der Waals surface area contributed by atoms with Crippen LogP contribution in [0.15, 0.2) is 34.9 Å². The summed E-state index contributed by atoms with van der Waals surface area (Å²) in [6, 6.07) is 7.99. The zero-order valence-electron chi connectivity index (χ0n) is 11.6. The lowest BCUT2D eigenvalue weighted by atomic mass is 9.83. The van der Waals surface area contributed by atoms with Crippen molar-refractivity contribution in [3.8, 4) is 0 Å². The van der Waals surface area contributed by atoms with Gasteiger partial charge in [-0.2, -0.15) is 0 Å². The van der Waals surface area contributed by atoms with Crippen molar-refractivity contribution in [1.82, 2.24) is 5.16 Å². The Labute approximate surface area is 124 Å². The van der Waals surface area contributed by atoms with Crippen LogP contribution in [0.5, 0.6) is 0 Å². The minimum Gasteiger partial charge on any atom is -0.356 e. The number of halogens is 1. The van der Waals surface area contributed by atoms with Gasteiger partial charge in [0.1, 0.15) is 23.1 Å². The molecule has 0 N–H and O–H groups in total. The highest BCUT2D eigenvalue weighted by molar-refractivity contribution is 6.10. The van der Waals surface area contributed by atoms with Gasteiger partial charge in [0, 0.05) is 6.42 Å². The van der Waals surface area contributed by atoms with E-state index in [2.05, 4.69) is 5.16 Å². The zero-order valence-corrected chi connectivity index (χ0v) is 11.6. The molecule has 1 saturated carbocycles. The normalized spacial score (nSPS) is 19.2. The number of fused-ring (bicyclic) bond motifs is 3. The maximum Gasteiger partial charge on any atom is 0.167 e. The topological polar surface area (TPSA) is 60.2 Å². The van der Waals surface area contributed by atoms with Crippen LogP contribution in [-0.4, -0.2) is 16.7 Å². The summed E-state index contributed by atoms with van der Waals surface area (Å²) in [5.41, 5.74) is 1.13. The van der Waals surface area contributed by atoms with Crippen molar-refractivity contribution in [3.63, 3.8) is 0 Å². The first-order chi connectivity index (χ1) is 10.6. The fourth-order valence-electron chi connectivity index (χ4n) is 3.16. The Morgan fingerprint density at radius 2 is 2.05 bits per heavy atom. The van der Waals surface area contributed by atoms with Crippen LogP contribution in [0.3, 0.4) is 0 Å². The van der Waals surface area contributed by atoms with E-state index in [-0.39, 0.29) is 23.8 Å². The molecule has 1 aliphatic rings. The molecule has 0 radical (unpaired) electrons. The number of rotatable bonds is 1. The van der Waals surface area contributed by atoms with Crippen LogP contribution in [0.4, 0.5) is 4.39 Å². The molecule has 4 rings (SSSR count). The Morgan fingerprint density at radius 1 is 1.18 bits per heavy atom. The van der Waals surface area contributed by atoms with Gasteiger partial charge in [0.05, 0.1) is 17.7 Å². The van der Waals surface area contributed by atoms with E-state index in [0.717, 1.165) is 16.2 Å². The van der Waals surface area contributed by atoms with Crippen LogP contribution in [0, 0.1) is 5.82 Å². The number of carbonyl (C=O) groups is 2. The van der Waals surface area contributed by atoms with Gasteiger partial charge in [-0.25, -0.2) is 4.39 Å². The summed E-state index contributed by atoms with van der Waals surface area (Å²) in [5.74, 6) is -0.884. The number of ketones is 2. The summed E-state index contributed by atoms with van der Waals surface area (Å²) >= 11 is 0. The Kier molecular flexibility index (Phi) is 2.82. The third kappa shape index (κ3) is 1.93. The minimum atomic E-state index is -0.422. The van der Waals surface area contributed by atoms with E-state index in [9.17, 15) is 14.0 Å². The van der Waals surface area contributed by atoms with Gasteiger partial charge in [-0.1, -0.05) is 17.3 Å². The van der Waals surface area contributed by atoms with E-state index in [4.69, 9.17) is 4.52 Å². The lowest BCUT2D eigenvalue weighted by Crippen LogP contribution is -2.23. The molecule has 0 amide bonds. The van der Waals surface area contributed by atoms with Gasteiger partial charge in [0.25, 0.3) is 0 Å². The number of nitrogens with zero attached hydrogens (tertiary/aromatic N) is 1. The van der Waals surface area contributed by atoms with Crippen molar-refractivity contribution < 1.29 is 18.5 Å². The number of aromatic nitrogens is 1. The first kappa shape index (κ1) is 13.1. The van der Waals surface area contributed by atoms with Gasteiger partial charge in [-0.15, -0.1) is 0 Å². The van der Waals surface area contributed by atoms with Gasteiger partial charge < -0.3 is 4.52 Å². The lowest BCUT2D eigenvalue weighted by molar-refractivity contribution is -0.130. The summed E-state index contributed by atoms with van der Waals surface area (Å²) in [5, 5.41) is 6.35. The second-order valence-electron chi connectivity index (χ2n) is 5.64. The molecular weight excluding hydrogens is 285 g/mol. The maximum atomic E-state index is 13.4. The minimum absolute atomic E-state index is 0.0269. The van der Waals surface area contributed by atoms with Gasteiger partial charge in [-0.05, 0) is 35.4 Å². The van der Waals surface area contributed by atoms with Crippen molar-refractivity contribution in [3.05, 3.63) is 41.8 Å². The summed E-state index contributed by atoms with van der Waals surface area (Å²) in [7, 11) is 0. The second-order valence-corrected chi connectivity index (χ2v) is 5.64. The van der Waals surface area contributed by atoms with Crippen LogP contribution < -0.4 is 0 Å². The molecule has 2 aromatic carbocycles. The fraction of sp³-hybridized carbons (Fsp3) is 0.235. The highest BCUT2D eigenvalue weighted by Crippen LogP contribution is 2.36. The second kappa shape index (κ2) is 4.73. The molecule has 1 aliphatic carbocycles. The van der Waals surface area contributed by atoms with Gasteiger partial charge in [0.15, 0.2) is 5.58 Å². The van der Waals surface area contributed by atoms with Crippen molar-refractivity contribution in [2.24, 2.45) is 0 Å². The predicted molar refractivity (Wildman–Crippen MR) is 78.1 cm³/mol. The van der Waals surface area contributed by atoms with Crippen LogP contribution in [0.1, 0.15) is 30.9 Å². The average Bonchev–Trinajstić information content (AvgIpc) is 2.91. The van der Waals surface area contributed by atoms with E-state index in [0.29, 0.717) is 24.1 Å². The molecule has 0 bridgehead atoms. The highest BCUT2D eigenvalue weighted by Gasteiger charge is 2.32. The van der Waals surface area contributed by atoms with Crippen molar-refractivity contribution >= 4 is 33.3 Å². The number of hydrogen-bond donors (Lipinski definition) is 0. The monoisotopic (exact) mass is 297 g/mol. The summed E-state index contributed by atoms with van der Waals surface area (Å²) in [6.07, 6.45) is 0.791. The predicted octanol–water partition coefficient (Wildman–Crippen LogP) is 3.53. The molecule has 4 nitrogen and oxygen atoms in total. The Bertz CT molecular complexity index is 928. The maximum absolute atomic E-state index is 13.4. The first-order valence-electron chi connectivity index (χ1n) is 7.15. The number of benzene rings is 2. The number of carbonyl (C=O) groups excluding carboxylic acids is 2. The molecule has 1 heterocycles. The van der Waals surface area contributed by atoms with Crippen LogP contribution in [-0.2, 0) is 9.59 Å². The number of Topliss-reactive ketones (excluding diaryl/α,β-unsaturated/α-hetero) is 2. The van der Waals surface area contributed by atoms with Crippen LogP contribution >= 0.6 is 0 Å².